The zero-order valence-corrected chi connectivity index (χ0v) is 25.6. The third kappa shape index (κ3) is 5.66. The van der Waals surface area contributed by atoms with Gasteiger partial charge < -0.3 is 24.3 Å². The average Bonchev–Trinajstić information content (AvgIpc) is 3.48. The molecule has 0 radical (unpaired) electrons. The fraction of sp³-hybridized carbons (Fsp3) is 0.355. The first-order chi connectivity index (χ1) is 19.0. The van der Waals surface area contributed by atoms with Gasteiger partial charge >= 0.3 is 0 Å². The predicted molar refractivity (Wildman–Crippen MR) is 162 cm³/mol. The summed E-state index contributed by atoms with van der Waals surface area (Å²) in [7, 11) is 1.58. The second-order valence-corrected chi connectivity index (χ2v) is 11.1. The second-order valence-electron chi connectivity index (χ2n) is 11.1. The fourth-order valence-electron chi connectivity index (χ4n) is 5.25. The minimum atomic E-state index is -0.353. The van der Waals surface area contributed by atoms with E-state index >= 15 is 0 Å². The molecule has 9 nitrogen and oxygen atoms in total. The van der Waals surface area contributed by atoms with Gasteiger partial charge in [-0.05, 0) is 54.3 Å². The van der Waals surface area contributed by atoms with Gasteiger partial charge in [-0.1, -0.05) is 20.8 Å². The Kier molecular flexibility index (Phi) is 8.44. The largest absolute Gasteiger partial charge is 0.494 e. The van der Waals surface area contributed by atoms with Gasteiger partial charge in [0.05, 0.1) is 31.0 Å². The highest BCUT2D eigenvalue weighted by Gasteiger charge is 2.32. The molecule has 216 valence electrons. The molecule has 41 heavy (non-hydrogen) atoms. The summed E-state index contributed by atoms with van der Waals surface area (Å²) in [5.41, 5.74) is 4.41. The molecule has 2 aliphatic rings. The van der Waals surface area contributed by atoms with Crippen LogP contribution in [0.2, 0.25) is 0 Å². The van der Waals surface area contributed by atoms with Gasteiger partial charge in [-0.3, -0.25) is 19.8 Å². The van der Waals surface area contributed by atoms with Gasteiger partial charge in [0.25, 0.3) is 0 Å². The Morgan fingerprint density at radius 3 is 2.61 bits per heavy atom. The molecule has 10 heteroatoms. The molecule has 3 heterocycles. The molecule has 2 N–H and O–H groups in total. The normalized spacial score (nSPS) is 13.8. The number of ketones is 2. The lowest BCUT2D eigenvalue weighted by Crippen LogP contribution is -2.30. The van der Waals surface area contributed by atoms with Crippen LogP contribution in [0.25, 0.3) is 5.69 Å². The van der Waals surface area contributed by atoms with Gasteiger partial charge in [0.15, 0.2) is 12.4 Å². The monoisotopic (exact) mass is 622 g/mol. The van der Waals surface area contributed by atoms with Crippen molar-refractivity contribution in [3.05, 3.63) is 76.1 Å². The number of amides is 1. The Labute approximate surface area is 250 Å². The molecule has 0 unspecified atom stereocenters. The first kappa shape index (κ1) is 30.0. The van der Waals surface area contributed by atoms with E-state index in [1.54, 1.807) is 34.8 Å². The number of halogens is 1. The molecule has 1 aromatic heterocycles. The summed E-state index contributed by atoms with van der Waals surface area (Å²) < 4.78 is 13.6. The van der Waals surface area contributed by atoms with Crippen molar-refractivity contribution in [3.8, 4) is 17.2 Å². The van der Waals surface area contributed by atoms with E-state index in [-0.39, 0.29) is 65.3 Å². The zero-order valence-electron chi connectivity index (χ0n) is 23.9. The van der Waals surface area contributed by atoms with Crippen molar-refractivity contribution < 1.29 is 23.9 Å². The number of carbonyl (C=O) groups is 3. The van der Waals surface area contributed by atoms with Crippen molar-refractivity contribution in [2.45, 2.75) is 46.1 Å². The summed E-state index contributed by atoms with van der Waals surface area (Å²) in [6.45, 7) is 8.79. The molecule has 0 aliphatic carbocycles. The summed E-state index contributed by atoms with van der Waals surface area (Å²) in [5, 5.41) is 11.5. The molecular weight excluding hydrogens is 588 g/mol. The van der Waals surface area contributed by atoms with E-state index in [1.165, 1.54) is 0 Å². The first-order valence-electron chi connectivity index (χ1n) is 13.4. The molecule has 5 rings (SSSR count). The van der Waals surface area contributed by atoms with Crippen LogP contribution in [-0.4, -0.2) is 59.6 Å². The topological polar surface area (TPSA) is 114 Å². The number of benzene rings is 2. The Balaban J connectivity index is 0.00000387. The Morgan fingerprint density at radius 2 is 1.93 bits per heavy atom. The SMILES string of the molecule is Br.CCOc1cc2c(cc1CC(=O)NC)C(=N)N(CC(=O)c1cc3c(c(C(C)(C)C)c1)OCC(=O)c1cccn1-3)C2. The molecular formula is C31H35BrN4O5. The van der Waals surface area contributed by atoms with Gasteiger partial charge in [0, 0.05) is 42.0 Å². The molecule has 2 aromatic carbocycles. The van der Waals surface area contributed by atoms with Crippen molar-refractivity contribution in [3.63, 3.8) is 0 Å². The number of nitrogens with one attached hydrogen (secondary N) is 2. The number of amidine groups is 1. The first-order valence-corrected chi connectivity index (χ1v) is 13.4. The lowest BCUT2D eigenvalue weighted by molar-refractivity contribution is -0.120. The van der Waals surface area contributed by atoms with Crippen LogP contribution < -0.4 is 14.8 Å². The number of aromatic nitrogens is 1. The highest BCUT2D eigenvalue weighted by Crippen LogP contribution is 2.40. The van der Waals surface area contributed by atoms with E-state index in [0.717, 1.165) is 11.1 Å². The van der Waals surface area contributed by atoms with E-state index in [0.29, 0.717) is 52.7 Å². The maximum absolute atomic E-state index is 13.8. The molecule has 0 fully saturated rings. The number of likely N-dealkylation sites (N-methyl/N-ethyl adjacent to an activating group) is 1. The minimum absolute atomic E-state index is 0. The van der Waals surface area contributed by atoms with Crippen molar-refractivity contribution in [2.24, 2.45) is 0 Å². The van der Waals surface area contributed by atoms with Crippen LogP contribution in [0.1, 0.15) is 70.8 Å². The lowest BCUT2D eigenvalue weighted by Gasteiger charge is -2.25. The molecule has 0 saturated carbocycles. The molecule has 0 bridgehead atoms. The smallest absolute Gasteiger partial charge is 0.224 e. The number of hydrogen-bond donors (Lipinski definition) is 2. The molecule has 3 aromatic rings. The van der Waals surface area contributed by atoms with Crippen LogP contribution >= 0.6 is 17.0 Å². The fourth-order valence-corrected chi connectivity index (χ4v) is 5.25. The quantitative estimate of drug-likeness (QED) is 0.371. The van der Waals surface area contributed by atoms with Crippen molar-refractivity contribution >= 4 is 40.3 Å². The summed E-state index contributed by atoms with van der Waals surface area (Å²) in [5.74, 6) is 1.03. The van der Waals surface area contributed by atoms with Gasteiger partial charge in [-0.15, -0.1) is 17.0 Å². The van der Waals surface area contributed by atoms with E-state index in [2.05, 4.69) is 5.32 Å². The maximum atomic E-state index is 13.8. The number of ether oxygens (including phenoxy) is 2. The number of rotatable bonds is 7. The summed E-state index contributed by atoms with van der Waals surface area (Å²) in [4.78, 5) is 40.2. The maximum Gasteiger partial charge on any atom is 0.224 e. The van der Waals surface area contributed by atoms with Crippen LogP contribution in [0.4, 0.5) is 0 Å². The summed E-state index contributed by atoms with van der Waals surface area (Å²) >= 11 is 0. The Bertz CT molecular complexity index is 1550. The van der Waals surface area contributed by atoms with Crippen molar-refractivity contribution in [1.29, 1.82) is 5.41 Å². The predicted octanol–water partition coefficient (Wildman–Crippen LogP) is 4.64. The van der Waals surface area contributed by atoms with E-state index in [4.69, 9.17) is 14.9 Å². The number of nitrogens with zero attached hydrogens (tertiary/aromatic N) is 2. The van der Waals surface area contributed by atoms with Gasteiger partial charge in [0.1, 0.15) is 17.3 Å². The van der Waals surface area contributed by atoms with Crippen LogP contribution in [-0.2, 0) is 23.2 Å². The van der Waals surface area contributed by atoms with Crippen LogP contribution in [0.5, 0.6) is 11.5 Å². The number of carbonyl (C=O) groups excluding carboxylic acids is 3. The number of hydrogen-bond acceptors (Lipinski definition) is 6. The molecule has 0 saturated heterocycles. The zero-order chi connectivity index (χ0) is 28.8. The van der Waals surface area contributed by atoms with E-state index < -0.39 is 0 Å². The van der Waals surface area contributed by atoms with Crippen molar-refractivity contribution in [1.82, 2.24) is 14.8 Å². The second kappa shape index (κ2) is 11.5. The van der Waals surface area contributed by atoms with Crippen LogP contribution in [0.3, 0.4) is 0 Å². The Hall–Kier alpha value is -3.92. The summed E-state index contributed by atoms with van der Waals surface area (Å²) in [6.07, 6.45) is 1.95. The Morgan fingerprint density at radius 1 is 1.17 bits per heavy atom. The molecule has 2 aliphatic heterocycles. The molecule has 1 amide bonds. The van der Waals surface area contributed by atoms with Crippen molar-refractivity contribution in [2.75, 3.05) is 26.8 Å². The van der Waals surface area contributed by atoms with Gasteiger partial charge in [-0.2, -0.15) is 0 Å². The summed E-state index contributed by atoms with van der Waals surface area (Å²) in [6, 6.07) is 10.9. The highest BCUT2D eigenvalue weighted by atomic mass is 79.9. The van der Waals surface area contributed by atoms with Crippen LogP contribution in [0, 0.1) is 5.41 Å². The van der Waals surface area contributed by atoms with Crippen LogP contribution in [0.15, 0.2) is 42.6 Å². The average molecular weight is 624 g/mol. The minimum Gasteiger partial charge on any atom is -0.494 e. The lowest BCUT2D eigenvalue weighted by atomic mass is 9.84. The third-order valence-corrected chi connectivity index (χ3v) is 7.32. The van der Waals surface area contributed by atoms with Gasteiger partial charge in [-0.25, -0.2) is 0 Å². The van der Waals surface area contributed by atoms with E-state index in [1.807, 2.05) is 52.0 Å². The highest BCUT2D eigenvalue weighted by molar-refractivity contribution is 8.93. The number of Topliss-reactive ketones (excluding diaryl/α,β-unsaturated/α-hetero) is 2. The number of fused-ring (bicyclic) bond motifs is 4. The van der Waals surface area contributed by atoms with Gasteiger partial charge in [0.2, 0.25) is 11.7 Å². The molecule has 0 atom stereocenters. The third-order valence-electron chi connectivity index (χ3n) is 7.32. The molecule has 0 spiro atoms. The van der Waals surface area contributed by atoms with E-state index in [9.17, 15) is 14.4 Å². The standard InChI is InChI=1S/C31H34N4O5.BrH/c1-6-39-27-13-20-15-34(30(32)21(20)10-19(27)14-28(38)33-5)16-25(36)18-11-22(31(2,3)4)29-24(12-18)35-9-7-8-23(35)26(37)17-40-29;/h7-13,32H,6,14-17H2,1-5H3,(H,33,38);1H.